The molecule has 1 aliphatic heterocycles. The third kappa shape index (κ3) is 3.44. The maximum atomic E-state index is 9.86. The van der Waals surface area contributed by atoms with E-state index in [2.05, 4.69) is 0 Å². The number of benzene rings is 2. The summed E-state index contributed by atoms with van der Waals surface area (Å²) in [6.07, 6.45) is 2.29. The van der Waals surface area contributed by atoms with Gasteiger partial charge in [-0.25, -0.2) is 0 Å². The molecule has 3 aromatic rings. The number of phenols is 1. The number of rotatable bonds is 4. The Balaban J connectivity index is 1.81. The van der Waals surface area contributed by atoms with Crippen LogP contribution in [-0.4, -0.2) is 31.5 Å². The number of fused-ring (bicyclic) bond motifs is 1. The fourth-order valence-corrected chi connectivity index (χ4v) is 3.17. The predicted octanol–water partition coefficient (Wildman–Crippen LogP) is 3.89. The number of hydrogen-bond acceptors (Lipinski definition) is 5. The molecule has 1 aliphatic rings. The largest absolute Gasteiger partial charge is 0.508 e. The number of ether oxygens (including phenoxy) is 2. The summed E-state index contributed by atoms with van der Waals surface area (Å²) in [5.74, 6) is 1.71. The van der Waals surface area contributed by atoms with Gasteiger partial charge in [0.05, 0.1) is 25.1 Å². The Hall–Kier alpha value is -2.79. The van der Waals surface area contributed by atoms with Crippen molar-refractivity contribution in [3.05, 3.63) is 53.9 Å². The first kappa shape index (κ1) is 16.7. The normalized spacial score (nSPS) is 17.7. The minimum absolute atomic E-state index is 0.170. The number of methoxy groups -OCH3 is 1. The smallest absolute Gasteiger partial charge is 0.137 e. The molecule has 2 heterocycles. The molecule has 0 bridgehead atoms. The number of aromatic hydroxyl groups is 1. The van der Waals surface area contributed by atoms with Crippen molar-refractivity contribution in [1.29, 1.82) is 0 Å². The van der Waals surface area contributed by atoms with Gasteiger partial charge in [-0.2, -0.15) is 0 Å². The summed E-state index contributed by atoms with van der Waals surface area (Å²) in [5.41, 5.74) is 1.62. The summed E-state index contributed by atoms with van der Waals surface area (Å²) in [6, 6.07) is 14.7. The lowest BCUT2D eigenvalue weighted by Crippen LogP contribution is -2.13. The molecule has 2 aromatic carbocycles. The topological polar surface area (TPSA) is 64.2 Å². The molecule has 0 saturated carbocycles. The van der Waals surface area contributed by atoms with Crippen molar-refractivity contribution >= 4 is 11.0 Å². The van der Waals surface area contributed by atoms with Gasteiger partial charge in [-0.1, -0.05) is 0 Å². The molecule has 1 atom stereocenters. The molecule has 5 heteroatoms. The Labute approximate surface area is 151 Å². The molecule has 1 fully saturated rings. The highest BCUT2D eigenvalue weighted by atomic mass is 16.5. The van der Waals surface area contributed by atoms with Gasteiger partial charge in [0.25, 0.3) is 0 Å². The van der Waals surface area contributed by atoms with Crippen LogP contribution < -0.4 is 10.1 Å². The van der Waals surface area contributed by atoms with Crippen LogP contribution in [0.25, 0.3) is 22.3 Å². The lowest BCUT2D eigenvalue weighted by molar-refractivity contribution is 0.117. The molecule has 1 unspecified atom stereocenters. The Kier molecular flexibility index (Phi) is 4.63. The van der Waals surface area contributed by atoms with Crippen molar-refractivity contribution in [1.82, 2.24) is 0 Å². The van der Waals surface area contributed by atoms with Crippen LogP contribution in [0, 0.1) is 0 Å². The summed E-state index contributed by atoms with van der Waals surface area (Å²) in [7, 11) is 1.64. The molecule has 134 valence electrons. The molecule has 1 aromatic heterocycles. The van der Waals surface area contributed by atoms with Crippen molar-refractivity contribution in [2.24, 2.45) is 4.99 Å². The first-order valence-electron chi connectivity index (χ1n) is 8.76. The van der Waals surface area contributed by atoms with E-state index in [1.807, 2.05) is 30.3 Å². The standard InChI is InChI=1S/C21H21NO4/c1-24-16-7-4-14(5-8-16)21-12-19(22-13-17-3-2-10-25-17)18-11-15(23)6-9-20(18)26-21/h4-9,11-12,17,23H,2-3,10,13H2,1H3. The Morgan fingerprint density at radius 3 is 2.73 bits per heavy atom. The van der Waals surface area contributed by atoms with Crippen LogP contribution in [0.3, 0.4) is 0 Å². The third-order valence-electron chi connectivity index (χ3n) is 4.59. The first-order valence-corrected chi connectivity index (χ1v) is 8.76. The van der Waals surface area contributed by atoms with E-state index in [-0.39, 0.29) is 11.9 Å². The van der Waals surface area contributed by atoms with E-state index in [1.54, 1.807) is 25.3 Å². The second kappa shape index (κ2) is 7.22. The first-order chi connectivity index (χ1) is 12.7. The van der Waals surface area contributed by atoms with Gasteiger partial charge in [0, 0.05) is 23.6 Å². The zero-order chi connectivity index (χ0) is 17.9. The predicted molar refractivity (Wildman–Crippen MR) is 99.3 cm³/mol. The minimum Gasteiger partial charge on any atom is -0.508 e. The maximum Gasteiger partial charge on any atom is 0.137 e. The number of nitrogens with zero attached hydrogens (tertiary/aromatic N) is 1. The van der Waals surface area contributed by atoms with Crippen molar-refractivity contribution < 1.29 is 19.0 Å². The van der Waals surface area contributed by atoms with Gasteiger partial charge < -0.3 is 19.0 Å². The summed E-state index contributed by atoms with van der Waals surface area (Å²) in [4.78, 5) is 4.76. The molecule has 0 amide bonds. The molecule has 5 nitrogen and oxygen atoms in total. The molecular weight excluding hydrogens is 330 g/mol. The van der Waals surface area contributed by atoms with Crippen LogP contribution in [0.5, 0.6) is 11.5 Å². The van der Waals surface area contributed by atoms with Gasteiger partial charge in [-0.15, -0.1) is 0 Å². The maximum absolute atomic E-state index is 9.86. The van der Waals surface area contributed by atoms with Crippen molar-refractivity contribution in [2.75, 3.05) is 20.3 Å². The molecule has 0 spiro atoms. The van der Waals surface area contributed by atoms with E-state index in [1.165, 1.54) is 0 Å². The van der Waals surface area contributed by atoms with Crippen LogP contribution in [0.2, 0.25) is 0 Å². The molecule has 4 rings (SSSR count). The van der Waals surface area contributed by atoms with Crippen molar-refractivity contribution in [3.8, 4) is 22.8 Å². The average molecular weight is 351 g/mol. The minimum atomic E-state index is 0.170. The van der Waals surface area contributed by atoms with Crippen LogP contribution in [-0.2, 0) is 4.74 Å². The Morgan fingerprint density at radius 2 is 2.00 bits per heavy atom. The van der Waals surface area contributed by atoms with Crippen LogP contribution in [0.1, 0.15) is 12.8 Å². The highest BCUT2D eigenvalue weighted by Gasteiger charge is 2.15. The van der Waals surface area contributed by atoms with E-state index in [9.17, 15) is 5.11 Å². The van der Waals surface area contributed by atoms with Gasteiger partial charge in [0.1, 0.15) is 22.8 Å². The zero-order valence-corrected chi connectivity index (χ0v) is 14.6. The van der Waals surface area contributed by atoms with Crippen molar-refractivity contribution in [3.63, 3.8) is 0 Å². The molecular formula is C21H21NO4. The zero-order valence-electron chi connectivity index (χ0n) is 14.6. The van der Waals surface area contributed by atoms with E-state index in [0.29, 0.717) is 12.1 Å². The molecule has 0 aliphatic carbocycles. The van der Waals surface area contributed by atoms with Gasteiger partial charge in [-0.05, 0) is 55.3 Å². The lowest BCUT2D eigenvalue weighted by Gasteiger charge is -2.08. The van der Waals surface area contributed by atoms with Crippen LogP contribution in [0.4, 0.5) is 0 Å². The molecule has 26 heavy (non-hydrogen) atoms. The average Bonchev–Trinajstić information content (AvgIpc) is 3.20. The van der Waals surface area contributed by atoms with E-state index in [0.717, 1.165) is 47.3 Å². The van der Waals surface area contributed by atoms with E-state index in [4.69, 9.17) is 18.9 Å². The van der Waals surface area contributed by atoms with Crippen molar-refractivity contribution in [2.45, 2.75) is 18.9 Å². The van der Waals surface area contributed by atoms with Gasteiger partial charge in [0.15, 0.2) is 0 Å². The van der Waals surface area contributed by atoms with Crippen LogP contribution >= 0.6 is 0 Å². The Bertz CT molecular complexity index is 969. The fourth-order valence-electron chi connectivity index (χ4n) is 3.17. The lowest BCUT2D eigenvalue weighted by atomic mass is 10.1. The van der Waals surface area contributed by atoms with Gasteiger partial charge >= 0.3 is 0 Å². The summed E-state index contributed by atoms with van der Waals surface area (Å²) >= 11 is 0. The quantitative estimate of drug-likeness (QED) is 0.774. The number of phenolic OH excluding ortho intramolecular Hbond substituents is 1. The second-order valence-electron chi connectivity index (χ2n) is 6.38. The second-order valence-corrected chi connectivity index (χ2v) is 6.38. The van der Waals surface area contributed by atoms with E-state index < -0.39 is 0 Å². The highest BCUT2D eigenvalue weighted by molar-refractivity contribution is 5.80. The van der Waals surface area contributed by atoms with Gasteiger partial charge in [0.2, 0.25) is 0 Å². The summed E-state index contributed by atoms with van der Waals surface area (Å²) in [6.45, 7) is 1.42. The molecule has 1 saturated heterocycles. The Morgan fingerprint density at radius 1 is 1.15 bits per heavy atom. The fraction of sp³-hybridized carbons (Fsp3) is 0.286. The molecule has 1 N–H and O–H groups in total. The molecule has 0 radical (unpaired) electrons. The summed E-state index contributed by atoms with van der Waals surface area (Å²) in [5, 5.41) is 11.4. The number of hydrogen-bond donors (Lipinski definition) is 1. The third-order valence-corrected chi connectivity index (χ3v) is 4.59. The SMILES string of the molecule is COc1ccc(-c2cc(=NCC3CCCO3)c3cc(O)ccc3o2)cc1. The highest BCUT2D eigenvalue weighted by Crippen LogP contribution is 2.26. The van der Waals surface area contributed by atoms with Gasteiger partial charge in [-0.3, -0.25) is 4.99 Å². The monoisotopic (exact) mass is 351 g/mol. The summed E-state index contributed by atoms with van der Waals surface area (Å²) < 4.78 is 16.9. The van der Waals surface area contributed by atoms with E-state index >= 15 is 0 Å². The van der Waals surface area contributed by atoms with Crippen LogP contribution in [0.15, 0.2) is 57.9 Å².